The van der Waals surface area contributed by atoms with Crippen LogP contribution in [0.1, 0.15) is 159 Å². The molecule has 3 heteroatoms. The molecule has 1 aromatic carbocycles. The molecule has 1 rings (SSSR count). The van der Waals surface area contributed by atoms with E-state index in [0.29, 0.717) is 11.7 Å². The molecule has 0 aromatic heterocycles. The Morgan fingerprint density at radius 1 is 0.854 bits per heavy atom. The molecule has 1 unspecified atom stereocenters. The summed E-state index contributed by atoms with van der Waals surface area (Å²) in [7, 11) is 0. The highest BCUT2D eigenvalue weighted by Crippen LogP contribution is 2.27. The Labute approximate surface area is 300 Å². The number of nitrogens with zero attached hydrogens (tertiary/aromatic N) is 1. The molecule has 1 atom stereocenters. The molecule has 0 aliphatic heterocycles. The maximum absolute atomic E-state index is 8.81. The molecule has 48 heavy (non-hydrogen) atoms. The molecule has 0 saturated heterocycles. The number of carbonyl (C=O) groups excluding carboxylic acids is 1. The zero-order chi connectivity index (χ0) is 38.1. The summed E-state index contributed by atoms with van der Waals surface area (Å²) in [5.74, 6) is 2.22. The highest BCUT2D eigenvalue weighted by atomic mass is 16.5. The summed E-state index contributed by atoms with van der Waals surface area (Å²) in [4.78, 5) is 11.0. The Kier molecular flexibility index (Phi) is 37.5. The maximum Gasteiger partial charge on any atom is 0.116 e. The van der Waals surface area contributed by atoms with Gasteiger partial charge in [-0.3, -0.25) is 0 Å². The standard InChI is InChI=1S/C21H29N.C11H18O.C7H16.C4H10.C2H4O/c1-8-10-15-22(17(5)6)21(9-2)18(7)20-13-11-19(12-14-20)16(3)4;1-9(2)7-6-8-11(5)12-10(3)4;1-4-6-7(3)5-2;1-3-4-2;1-2-3/h8,10-16H,1,5,9H2,2-4,6-7H3;6-8,10H,5H2,1-4H3;7H,4-6H2,1-3H3;3-4H2,1-2H3;2H,1H3/b15-10-,21-18+;8-6-;;;. The summed E-state index contributed by atoms with van der Waals surface area (Å²) in [6.07, 6.45) is 20.2. The predicted octanol–water partition coefficient (Wildman–Crippen LogP) is 14.8. The molecule has 1 aromatic rings. The van der Waals surface area contributed by atoms with Gasteiger partial charge in [0.05, 0.1) is 6.10 Å². The summed E-state index contributed by atoms with van der Waals surface area (Å²) in [5, 5.41) is 0. The van der Waals surface area contributed by atoms with Crippen LogP contribution in [-0.2, 0) is 9.53 Å². The highest BCUT2D eigenvalue weighted by molar-refractivity contribution is 5.67. The average molecular weight is 664 g/mol. The molecule has 0 fully saturated rings. The van der Waals surface area contributed by atoms with Gasteiger partial charge in [0.25, 0.3) is 0 Å². The van der Waals surface area contributed by atoms with E-state index in [9.17, 15) is 0 Å². The van der Waals surface area contributed by atoms with Crippen LogP contribution in [0.25, 0.3) is 5.57 Å². The maximum atomic E-state index is 8.81. The second-order valence-electron chi connectivity index (χ2n) is 12.7. The van der Waals surface area contributed by atoms with Gasteiger partial charge in [-0.2, -0.15) is 0 Å². The van der Waals surface area contributed by atoms with E-state index in [1.807, 2.05) is 51.3 Å². The number of allylic oxidation sites excluding steroid dienone is 9. The fourth-order valence-corrected chi connectivity index (χ4v) is 3.88. The van der Waals surface area contributed by atoms with Gasteiger partial charge < -0.3 is 14.4 Å². The Hall–Kier alpha value is -3.33. The zero-order valence-electron chi connectivity index (χ0n) is 34.2. The normalized spacial score (nSPS) is 11.3. The first-order valence-electron chi connectivity index (χ1n) is 18.2. The van der Waals surface area contributed by atoms with Gasteiger partial charge in [0.2, 0.25) is 0 Å². The van der Waals surface area contributed by atoms with Crippen LogP contribution in [0, 0.1) is 5.92 Å². The van der Waals surface area contributed by atoms with Crippen molar-refractivity contribution in [2.75, 3.05) is 0 Å². The van der Waals surface area contributed by atoms with Crippen molar-refractivity contribution in [2.24, 2.45) is 5.92 Å². The van der Waals surface area contributed by atoms with E-state index in [4.69, 9.17) is 9.53 Å². The minimum atomic E-state index is 0.203. The first kappa shape index (κ1) is 51.5. The number of benzene rings is 1. The molecular formula is C45H77NO2. The third-order valence-electron chi connectivity index (χ3n) is 6.93. The lowest BCUT2D eigenvalue weighted by atomic mass is 9.97. The molecule has 0 aliphatic carbocycles. The lowest BCUT2D eigenvalue weighted by Crippen LogP contribution is -2.14. The molecule has 0 radical (unpaired) electrons. The van der Waals surface area contributed by atoms with Crippen molar-refractivity contribution in [3.05, 3.63) is 114 Å². The Bertz CT molecular complexity index is 1070. The summed E-state index contributed by atoms with van der Waals surface area (Å²) in [6.45, 7) is 43.1. The van der Waals surface area contributed by atoms with E-state index >= 15 is 0 Å². The van der Waals surface area contributed by atoms with E-state index in [1.165, 1.54) is 67.0 Å². The lowest BCUT2D eigenvalue weighted by Gasteiger charge is -2.25. The second kappa shape index (κ2) is 35.0. The summed E-state index contributed by atoms with van der Waals surface area (Å²) < 4.78 is 5.32. The minimum Gasteiger partial charge on any atom is -0.492 e. The van der Waals surface area contributed by atoms with Crippen LogP contribution >= 0.6 is 0 Å². The molecule has 0 aliphatic rings. The molecule has 0 heterocycles. The van der Waals surface area contributed by atoms with E-state index in [2.05, 4.69) is 125 Å². The van der Waals surface area contributed by atoms with Crippen LogP contribution < -0.4 is 0 Å². The number of unbranched alkanes of at least 4 members (excludes halogenated alkanes) is 1. The third kappa shape index (κ3) is 31.3. The van der Waals surface area contributed by atoms with Crippen LogP contribution in [0.4, 0.5) is 0 Å². The molecular weight excluding hydrogens is 587 g/mol. The molecule has 0 bridgehead atoms. The number of carbonyl (C=O) groups is 1. The Morgan fingerprint density at radius 3 is 1.69 bits per heavy atom. The van der Waals surface area contributed by atoms with E-state index in [1.54, 1.807) is 6.08 Å². The number of hydrogen-bond acceptors (Lipinski definition) is 3. The van der Waals surface area contributed by atoms with Crippen molar-refractivity contribution in [3.8, 4) is 0 Å². The van der Waals surface area contributed by atoms with Crippen molar-refractivity contribution in [1.82, 2.24) is 4.90 Å². The second-order valence-corrected chi connectivity index (χ2v) is 12.7. The Balaban J connectivity index is -0.000000310. The number of rotatable bonds is 15. The van der Waals surface area contributed by atoms with Gasteiger partial charge in [0, 0.05) is 17.6 Å². The van der Waals surface area contributed by atoms with Gasteiger partial charge in [0.15, 0.2) is 0 Å². The quantitative estimate of drug-likeness (QED) is 0.106. The molecule has 274 valence electrons. The lowest BCUT2D eigenvalue weighted by molar-refractivity contribution is -0.106. The van der Waals surface area contributed by atoms with Crippen LogP contribution in [-0.4, -0.2) is 17.3 Å². The van der Waals surface area contributed by atoms with Crippen molar-refractivity contribution in [2.45, 2.75) is 154 Å². The van der Waals surface area contributed by atoms with Gasteiger partial charge in [-0.15, -0.1) is 0 Å². The van der Waals surface area contributed by atoms with Gasteiger partial charge >= 0.3 is 0 Å². The summed E-state index contributed by atoms with van der Waals surface area (Å²) in [5.41, 5.74) is 7.46. The number of hydrogen-bond donors (Lipinski definition) is 0. The van der Waals surface area contributed by atoms with E-state index in [-0.39, 0.29) is 6.10 Å². The first-order valence-corrected chi connectivity index (χ1v) is 18.2. The molecule has 0 saturated carbocycles. The largest absolute Gasteiger partial charge is 0.492 e. The van der Waals surface area contributed by atoms with E-state index < -0.39 is 0 Å². The SMILES string of the molecule is C=C(/C=C\C=C(C)C)OC(C)C.C=C/C=C\N(C(=C)C)/C(CC)=C(\C)c1ccc(C(C)C)cc1.CC=O.CCCC.CCCC(C)CC. The summed E-state index contributed by atoms with van der Waals surface area (Å²) >= 11 is 0. The molecule has 0 amide bonds. The van der Waals surface area contributed by atoms with Gasteiger partial charge in [-0.1, -0.05) is 155 Å². The average Bonchev–Trinajstić information content (AvgIpc) is 3.03. The van der Waals surface area contributed by atoms with Crippen molar-refractivity contribution in [1.29, 1.82) is 0 Å². The van der Waals surface area contributed by atoms with E-state index in [0.717, 1.165) is 24.3 Å². The minimum absolute atomic E-state index is 0.203. The van der Waals surface area contributed by atoms with Gasteiger partial charge in [-0.25, -0.2) is 0 Å². The van der Waals surface area contributed by atoms with Gasteiger partial charge in [-0.05, 0) is 95.6 Å². The van der Waals surface area contributed by atoms with Crippen molar-refractivity contribution < 1.29 is 9.53 Å². The van der Waals surface area contributed by atoms with Crippen molar-refractivity contribution in [3.63, 3.8) is 0 Å². The monoisotopic (exact) mass is 664 g/mol. The topological polar surface area (TPSA) is 29.5 Å². The fraction of sp³-hybridized carbons (Fsp3) is 0.533. The van der Waals surface area contributed by atoms with Crippen LogP contribution in [0.5, 0.6) is 0 Å². The molecule has 0 spiro atoms. The van der Waals surface area contributed by atoms with Crippen LogP contribution in [0.2, 0.25) is 0 Å². The first-order chi connectivity index (χ1) is 22.6. The highest BCUT2D eigenvalue weighted by Gasteiger charge is 2.11. The number of ether oxygens (including phenoxy) is 1. The molecule has 3 nitrogen and oxygen atoms in total. The van der Waals surface area contributed by atoms with Crippen molar-refractivity contribution >= 4 is 11.9 Å². The number of aldehydes is 1. The molecule has 0 N–H and O–H groups in total. The van der Waals surface area contributed by atoms with Crippen LogP contribution in [0.15, 0.2) is 103 Å². The smallest absolute Gasteiger partial charge is 0.116 e. The van der Waals surface area contributed by atoms with Crippen LogP contribution in [0.3, 0.4) is 0 Å². The Morgan fingerprint density at radius 2 is 1.38 bits per heavy atom. The van der Waals surface area contributed by atoms with Gasteiger partial charge in [0.1, 0.15) is 12.0 Å². The fourth-order valence-electron chi connectivity index (χ4n) is 3.88. The summed E-state index contributed by atoms with van der Waals surface area (Å²) in [6, 6.07) is 8.88. The predicted molar refractivity (Wildman–Crippen MR) is 220 cm³/mol. The zero-order valence-corrected chi connectivity index (χ0v) is 34.2. The third-order valence-corrected chi connectivity index (χ3v) is 6.93.